The van der Waals surface area contributed by atoms with E-state index in [9.17, 15) is 4.79 Å². The molecule has 0 aromatic carbocycles. The highest BCUT2D eigenvalue weighted by Crippen LogP contribution is 2.42. The van der Waals surface area contributed by atoms with Gasteiger partial charge in [0.25, 0.3) is 0 Å². The molecule has 0 N–H and O–H groups in total. The Labute approximate surface area is 93.6 Å². The summed E-state index contributed by atoms with van der Waals surface area (Å²) in [7, 11) is 0. The van der Waals surface area contributed by atoms with Crippen LogP contribution in [-0.2, 0) is 4.79 Å². The summed E-state index contributed by atoms with van der Waals surface area (Å²) in [6.45, 7) is 2.01. The molecule has 1 heteroatoms. The van der Waals surface area contributed by atoms with Crippen LogP contribution in [0.3, 0.4) is 0 Å². The fraction of sp³-hybridized carbons (Fsp3) is 0.929. The lowest BCUT2D eigenvalue weighted by atomic mass is 9.79. The van der Waals surface area contributed by atoms with Crippen molar-refractivity contribution in [2.24, 2.45) is 17.8 Å². The summed E-state index contributed by atoms with van der Waals surface area (Å²) in [5.74, 6) is 2.81. The van der Waals surface area contributed by atoms with Crippen molar-refractivity contribution < 1.29 is 4.79 Å². The number of hydrogen-bond donors (Lipinski definition) is 0. The molecule has 0 radical (unpaired) electrons. The normalized spacial score (nSPS) is 33.1. The summed E-state index contributed by atoms with van der Waals surface area (Å²) in [5, 5.41) is 0. The molecule has 0 heterocycles. The SMILES string of the molecule is CCC(=O)[C@H]1CC[C@H](C2CCCCC2)C1. The molecule has 2 fully saturated rings. The summed E-state index contributed by atoms with van der Waals surface area (Å²) in [5.41, 5.74) is 0. The van der Waals surface area contributed by atoms with E-state index in [1.807, 2.05) is 6.92 Å². The highest BCUT2D eigenvalue weighted by molar-refractivity contribution is 5.80. The van der Waals surface area contributed by atoms with E-state index in [0.717, 1.165) is 18.3 Å². The molecule has 2 rings (SSSR count). The van der Waals surface area contributed by atoms with E-state index in [1.54, 1.807) is 0 Å². The maximum absolute atomic E-state index is 11.6. The fourth-order valence-electron chi connectivity index (χ4n) is 3.63. The van der Waals surface area contributed by atoms with Gasteiger partial charge in [-0.15, -0.1) is 0 Å². The van der Waals surface area contributed by atoms with Crippen molar-refractivity contribution in [3.63, 3.8) is 0 Å². The Morgan fingerprint density at radius 1 is 1.00 bits per heavy atom. The van der Waals surface area contributed by atoms with Crippen molar-refractivity contribution in [1.29, 1.82) is 0 Å². The van der Waals surface area contributed by atoms with Crippen LogP contribution < -0.4 is 0 Å². The van der Waals surface area contributed by atoms with Crippen molar-refractivity contribution in [1.82, 2.24) is 0 Å². The highest BCUT2D eigenvalue weighted by Gasteiger charge is 2.33. The second-order valence-corrected chi connectivity index (χ2v) is 5.49. The van der Waals surface area contributed by atoms with Crippen LogP contribution in [0.5, 0.6) is 0 Å². The van der Waals surface area contributed by atoms with E-state index >= 15 is 0 Å². The summed E-state index contributed by atoms with van der Waals surface area (Å²) in [6.07, 6.45) is 11.7. The zero-order valence-corrected chi connectivity index (χ0v) is 10.0. The molecule has 2 aliphatic rings. The van der Waals surface area contributed by atoms with Crippen molar-refractivity contribution in [3.05, 3.63) is 0 Å². The molecular formula is C14H24O. The summed E-state index contributed by atoms with van der Waals surface area (Å²) in [4.78, 5) is 11.6. The second kappa shape index (κ2) is 5.14. The topological polar surface area (TPSA) is 17.1 Å². The first-order valence-electron chi connectivity index (χ1n) is 6.84. The van der Waals surface area contributed by atoms with E-state index in [0.29, 0.717) is 11.7 Å². The lowest BCUT2D eigenvalue weighted by Crippen LogP contribution is -2.17. The maximum atomic E-state index is 11.6. The Bertz CT molecular complexity index is 215. The number of carbonyl (C=O) groups excluding carboxylic acids is 1. The van der Waals surface area contributed by atoms with Crippen LogP contribution in [0.4, 0.5) is 0 Å². The molecule has 0 spiro atoms. The first kappa shape index (κ1) is 11.2. The van der Waals surface area contributed by atoms with Crippen molar-refractivity contribution in [3.8, 4) is 0 Å². The minimum absolute atomic E-state index is 0.432. The smallest absolute Gasteiger partial charge is 0.135 e. The van der Waals surface area contributed by atoms with E-state index < -0.39 is 0 Å². The molecule has 1 nitrogen and oxygen atoms in total. The Balaban J connectivity index is 1.83. The van der Waals surface area contributed by atoms with Gasteiger partial charge in [0.2, 0.25) is 0 Å². The van der Waals surface area contributed by atoms with E-state index in [4.69, 9.17) is 0 Å². The van der Waals surface area contributed by atoms with Gasteiger partial charge in [-0.25, -0.2) is 0 Å². The fourth-order valence-corrected chi connectivity index (χ4v) is 3.63. The maximum Gasteiger partial charge on any atom is 0.135 e. The molecule has 86 valence electrons. The molecule has 15 heavy (non-hydrogen) atoms. The summed E-state index contributed by atoms with van der Waals surface area (Å²) in [6, 6.07) is 0. The standard InChI is InChI=1S/C14H24O/c1-2-14(15)13-9-8-12(10-13)11-6-4-3-5-7-11/h11-13H,2-10H2,1H3/t12-,13-/m0/s1. The van der Waals surface area contributed by atoms with Crippen LogP contribution in [0.25, 0.3) is 0 Å². The van der Waals surface area contributed by atoms with Gasteiger partial charge in [0.05, 0.1) is 0 Å². The van der Waals surface area contributed by atoms with E-state index in [1.165, 1.54) is 51.4 Å². The van der Waals surface area contributed by atoms with Crippen LogP contribution in [-0.4, -0.2) is 5.78 Å². The van der Waals surface area contributed by atoms with Gasteiger partial charge in [-0.05, 0) is 31.1 Å². The average Bonchev–Trinajstić information content (AvgIpc) is 2.78. The third-order valence-corrected chi connectivity index (χ3v) is 4.59. The van der Waals surface area contributed by atoms with Gasteiger partial charge >= 0.3 is 0 Å². The van der Waals surface area contributed by atoms with Crippen molar-refractivity contribution in [2.45, 2.75) is 64.7 Å². The Hall–Kier alpha value is -0.330. The molecule has 0 unspecified atom stereocenters. The predicted molar refractivity (Wildman–Crippen MR) is 62.7 cm³/mol. The first-order valence-corrected chi connectivity index (χ1v) is 6.84. The molecule has 0 bridgehead atoms. The predicted octanol–water partition coefficient (Wildman–Crippen LogP) is 3.96. The van der Waals surface area contributed by atoms with Crippen LogP contribution >= 0.6 is 0 Å². The summed E-state index contributed by atoms with van der Waals surface area (Å²) < 4.78 is 0. The highest BCUT2D eigenvalue weighted by atomic mass is 16.1. The van der Waals surface area contributed by atoms with Crippen LogP contribution in [0.1, 0.15) is 64.7 Å². The third-order valence-electron chi connectivity index (χ3n) is 4.59. The monoisotopic (exact) mass is 208 g/mol. The third kappa shape index (κ3) is 2.62. The van der Waals surface area contributed by atoms with Gasteiger partial charge in [0, 0.05) is 12.3 Å². The van der Waals surface area contributed by atoms with Gasteiger partial charge in [-0.2, -0.15) is 0 Å². The lowest BCUT2D eigenvalue weighted by Gasteiger charge is -2.27. The van der Waals surface area contributed by atoms with Gasteiger partial charge in [-0.3, -0.25) is 4.79 Å². The number of Topliss-reactive ketones (excluding diaryl/α,β-unsaturated/α-hetero) is 1. The molecule has 0 aromatic heterocycles. The molecule has 0 amide bonds. The van der Waals surface area contributed by atoms with Gasteiger partial charge in [0.1, 0.15) is 5.78 Å². The van der Waals surface area contributed by atoms with Crippen LogP contribution in [0, 0.1) is 17.8 Å². The zero-order chi connectivity index (χ0) is 10.7. The van der Waals surface area contributed by atoms with E-state index in [-0.39, 0.29) is 0 Å². The average molecular weight is 208 g/mol. The minimum atomic E-state index is 0.432. The Morgan fingerprint density at radius 3 is 2.40 bits per heavy atom. The number of carbonyl (C=O) groups is 1. The first-order chi connectivity index (χ1) is 7.31. The quantitative estimate of drug-likeness (QED) is 0.686. The van der Waals surface area contributed by atoms with Crippen LogP contribution in [0.15, 0.2) is 0 Å². The van der Waals surface area contributed by atoms with Gasteiger partial charge in [-0.1, -0.05) is 39.0 Å². The van der Waals surface area contributed by atoms with E-state index in [2.05, 4.69) is 0 Å². The Morgan fingerprint density at radius 2 is 1.73 bits per heavy atom. The molecular weight excluding hydrogens is 184 g/mol. The van der Waals surface area contributed by atoms with Gasteiger partial charge < -0.3 is 0 Å². The second-order valence-electron chi connectivity index (χ2n) is 5.49. The Kier molecular flexibility index (Phi) is 3.82. The largest absolute Gasteiger partial charge is 0.299 e. The number of rotatable bonds is 3. The van der Waals surface area contributed by atoms with Gasteiger partial charge in [0.15, 0.2) is 0 Å². The summed E-state index contributed by atoms with van der Waals surface area (Å²) >= 11 is 0. The lowest BCUT2D eigenvalue weighted by molar-refractivity contribution is -0.122. The molecule has 0 aromatic rings. The molecule has 2 saturated carbocycles. The minimum Gasteiger partial charge on any atom is -0.299 e. The molecule has 0 saturated heterocycles. The number of hydrogen-bond acceptors (Lipinski definition) is 1. The van der Waals surface area contributed by atoms with Crippen molar-refractivity contribution in [2.75, 3.05) is 0 Å². The zero-order valence-electron chi connectivity index (χ0n) is 10.0. The van der Waals surface area contributed by atoms with Crippen molar-refractivity contribution >= 4 is 5.78 Å². The molecule has 2 aliphatic carbocycles. The molecule has 2 atom stereocenters. The molecule has 0 aliphatic heterocycles. The number of ketones is 1. The van der Waals surface area contributed by atoms with Crippen LogP contribution in [0.2, 0.25) is 0 Å².